The van der Waals surface area contributed by atoms with Crippen molar-refractivity contribution in [3.05, 3.63) is 0 Å². The highest BCUT2D eigenvalue weighted by atomic mass is 16.5. The minimum Gasteiger partial charge on any atom is -0.370 e. The first-order valence-electron chi connectivity index (χ1n) is 12.6. The van der Waals surface area contributed by atoms with Gasteiger partial charge >= 0.3 is 0 Å². The number of fused-ring (bicyclic) bond motifs is 3. The Labute approximate surface area is 218 Å². The number of piperidine rings is 3. The number of nitrogens with one attached hydrogen (secondary N) is 3. The van der Waals surface area contributed by atoms with E-state index in [2.05, 4.69) is 16.0 Å². The molecule has 36 heavy (non-hydrogen) atoms. The predicted molar refractivity (Wildman–Crippen MR) is 141 cm³/mol. The van der Waals surface area contributed by atoms with E-state index in [0.717, 1.165) is 77.8 Å². The van der Waals surface area contributed by atoms with E-state index >= 15 is 0 Å². The van der Waals surface area contributed by atoms with Crippen molar-refractivity contribution >= 4 is 17.3 Å². The fourth-order valence-electron chi connectivity index (χ4n) is 5.62. The maximum atomic E-state index is 11.0. The summed E-state index contributed by atoms with van der Waals surface area (Å²) in [4.78, 5) is 32.9. The molecule has 6 atom stereocenters. The van der Waals surface area contributed by atoms with E-state index in [0.29, 0.717) is 55.9 Å². The van der Waals surface area contributed by atoms with E-state index in [1.54, 1.807) is 0 Å². The monoisotopic (exact) mass is 513 g/mol. The third-order valence-corrected chi connectivity index (χ3v) is 7.46. The molecule has 0 bridgehead atoms. The highest BCUT2D eigenvalue weighted by molar-refractivity contribution is 5.81. The van der Waals surface area contributed by atoms with E-state index in [4.69, 9.17) is 14.2 Å². The van der Waals surface area contributed by atoms with E-state index in [1.807, 2.05) is 0 Å². The molecule has 9 heteroatoms. The molecule has 6 heterocycles. The van der Waals surface area contributed by atoms with Crippen LogP contribution >= 0.6 is 0 Å². The Morgan fingerprint density at radius 3 is 1.06 bits per heavy atom. The molecule has 3 N–H and O–H groups in total. The van der Waals surface area contributed by atoms with Crippen LogP contribution in [0.1, 0.15) is 60.8 Å². The fourth-order valence-corrected chi connectivity index (χ4v) is 5.62. The van der Waals surface area contributed by atoms with E-state index in [1.165, 1.54) is 0 Å². The zero-order valence-electron chi connectivity index (χ0n) is 19.5. The zero-order chi connectivity index (χ0) is 23.0. The van der Waals surface area contributed by atoms with E-state index in [9.17, 15) is 14.4 Å². The molecule has 0 amide bonds. The maximum Gasteiger partial charge on any atom is 0.158 e. The Morgan fingerprint density at radius 1 is 0.500 bits per heavy atom. The van der Waals surface area contributed by atoms with Gasteiger partial charge in [0, 0.05) is 56.7 Å². The summed E-state index contributed by atoms with van der Waals surface area (Å²) < 4.78 is 16.2. The van der Waals surface area contributed by atoms with Crippen LogP contribution in [0, 0.1) is 17.8 Å². The Hall–Kier alpha value is -1.23. The van der Waals surface area contributed by atoms with Crippen molar-refractivity contribution in [2.24, 2.45) is 17.8 Å². The number of hydrogen-bond donors (Lipinski definition) is 3. The van der Waals surface area contributed by atoms with Crippen LogP contribution in [0.3, 0.4) is 0 Å². The van der Waals surface area contributed by atoms with Crippen molar-refractivity contribution in [1.82, 2.24) is 16.0 Å². The minimum absolute atomic E-state index is 0. The van der Waals surface area contributed by atoms with Gasteiger partial charge in [-0.3, -0.25) is 14.4 Å². The molecule has 6 fully saturated rings. The molecule has 0 spiro atoms. The van der Waals surface area contributed by atoms with Gasteiger partial charge in [-0.25, -0.2) is 0 Å². The molecule has 6 rings (SSSR count). The molecule has 0 radical (unpaired) electrons. The van der Waals surface area contributed by atoms with Crippen molar-refractivity contribution < 1.29 is 28.6 Å². The summed E-state index contributed by atoms with van der Waals surface area (Å²) in [7, 11) is 0. The number of carbonyl (C=O) groups is 3. The number of ether oxygens (including phenoxy) is 3. The molecule has 0 aromatic carbocycles. The van der Waals surface area contributed by atoms with Crippen LogP contribution in [0.5, 0.6) is 0 Å². The van der Waals surface area contributed by atoms with Gasteiger partial charge in [0.15, 0.2) is 17.3 Å². The van der Waals surface area contributed by atoms with E-state index in [-0.39, 0.29) is 39.6 Å². The molecular weight excluding hydrogens is 462 g/mol. The first-order chi connectivity index (χ1) is 16.1. The third kappa shape index (κ3) is 9.58. The predicted octanol–water partition coefficient (Wildman–Crippen LogP) is 1.77. The van der Waals surface area contributed by atoms with Crippen LogP contribution in [0.25, 0.3) is 0 Å². The topological polar surface area (TPSA) is 115 Å². The number of hydrogen-bond acceptors (Lipinski definition) is 9. The maximum absolute atomic E-state index is 11.0. The summed E-state index contributed by atoms with van der Waals surface area (Å²) in [5.74, 6) is 2.12. The molecule has 0 unspecified atom stereocenters. The van der Waals surface area contributed by atoms with Crippen LogP contribution in [0.15, 0.2) is 0 Å². The second-order valence-electron chi connectivity index (χ2n) is 10.0. The van der Waals surface area contributed by atoms with Crippen molar-refractivity contribution in [2.45, 2.75) is 79.1 Å². The van der Waals surface area contributed by atoms with Gasteiger partial charge in [0.05, 0.1) is 18.3 Å². The Balaban J connectivity index is 0.000000259. The minimum atomic E-state index is 0. The molecule has 210 valence electrons. The van der Waals surface area contributed by atoms with Gasteiger partial charge in [-0.05, 0) is 38.9 Å². The van der Waals surface area contributed by atoms with Gasteiger partial charge in [-0.2, -0.15) is 0 Å². The quantitative estimate of drug-likeness (QED) is 0.446. The number of ketones is 3. The molecule has 0 saturated carbocycles. The van der Waals surface area contributed by atoms with Crippen molar-refractivity contribution in [3.63, 3.8) is 0 Å². The Kier molecular flexibility index (Phi) is 15.1. The third-order valence-electron chi connectivity index (χ3n) is 7.46. The fraction of sp³-hybridized carbons (Fsp3) is 0.889. The molecular formula is C27H51N3O6. The molecule has 0 aromatic rings. The standard InChI is InChI=1S/3C8H13NO2.3CH4/c3*10-7-3-6-4-9-2-1-8(6)11-5-7;;;/h3*6,8-9H,1-5H2;3*1H4/t3*6-,8+;;;/m110.../s1. The van der Waals surface area contributed by atoms with Crippen LogP contribution in [0.4, 0.5) is 0 Å². The van der Waals surface area contributed by atoms with Crippen molar-refractivity contribution in [2.75, 3.05) is 59.1 Å². The van der Waals surface area contributed by atoms with Gasteiger partial charge in [-0.15, -0.1) is 0 Å². The SMILES string of the molecule is C.C.C.O=C1CO[C@@H]2CCNC[C@@H]2C1.O=C1CO[C@H]2CCNC[C@H]2C1.O=C1CO[C@H]2CCNC[C@H]2C1. The molecule has 6 aliphatic heterocycles. The van der Waals surface area contributed by atoms with Crippen LogP contribution in [-0.4, -0.2) is 94.8 Å². The van der Waals surface area contributed by atoms with Gasteiger partial charge in [-0.1, -0.05) is 22.3 Å². The van der Waals surface area contributed by atoms with Crippen molar-refractivity contribution in [3.8, 4) is 0 Å². The summed E-state index contributed by atoms with van der Waals surface area (Å²) in [6, 6.07) is 0. The second-order valence-corrected chi connectivity index (χ2v) is 10.0. The number of carbonyl (C=O) groups excluding carboxylic acids is 3. The first-order valence-corrected chi connectivity index (χ1v) is 12.6. The Morgan fingerprint density at radius 2 is 0.778 bits per heavy atom. The highest BCUT2D eigenvalue weighted by Crippen LogP contribution is 2.24. The van der Waals surface area contributed by atoms with Crippen LogP contribution in [0.2, 0.25) is 0 Å². The smallest absolute Gasteiger partial charge is 0.158 e. The lowest BCUT2D eigenvalue weighted by Crippen LogP contribution is -2.46. The number of Topliss-reactive ketones (excluding diaryl/α,β-unsaturated/α-hetero) is 3. The summed E-state index contributed by atoms with van der Waals surface area (Å²) in [5, 5.41) is 9.82. The van der Waals surface area contributed by atoms with Gasteiger partial charge in [0.25, 0.3) is 0 Å². The summed E-state index contributed by atoms with van der Waals surface area (Å²) in [6.07, 6.45) is 6.43. The normalized spacial score (nSPS) is 35.2. The largest absolute Gasteiger partial charge is 0.370 e. The van der Waals surface area contributed by atoms with E-state index < -0.39 is 0 Å². The van der Waals surface area contributed by atoms with Crippen LogP contribution in [-0.2, 0) is 28.6 Å². The Bertz CT molecular complexity index is 600. The highest BCUT2D eigenvalue weighted by Gasteiger charge is 2.33. The molecule has 9 nitrogen and oxygen atoms in total. The second kappa shape index (κ2) is 16.6. The lowest BCUT2D eigenvalue weighted by atomic mass is 9.89. The number of rotatable bonds is 0. The van der Waals surface area contributed by atoms with Crippen LogP contribution < -0.4 is 16.0 Å². The first kappa shape index (κ1) is 32.8. The molecule has 0 aromatic heterocycles. The van der Waals surface area contributed by atoms with Gasteiger partial charge < -0.3 is 30.2 Å². The summed E-state index contributed by atoms with van der Waals surface area (Å²) in [6.45, 7) is 7.02. The zero-order valence-corrected chi connectivity index (χ0v) is 19.5. The summed E-state index contributed by atoms with van der Waals surface area (Å²) >= 11 is 0. The molecule has 0 aliphatic carbocycles. The average molecular weight is 514 g/mol. The lowest BCUT2D eigenvalue weighted by molar-refractivity contribution is -0.138. The van der Waals surface area contributed by atoms with Crippen molar-refractivity contribution in [1.29, 1.82) is 0 Å². The molecule has 6 saturated heterocycles. The summed E-state index contributed by atoms with van der Waals surface area (Å²) in [5.41, 5.74) is 0. The lowest BCUT2D eigenvalue weighted by Gasteiger charge is -2.34. The van der Waals surface area contributed by atoms with Gasteiger partial charge in [0.1, 0.15) is 19.8 Å². The molecule has 6 aliphatic rings. The van der Waals surface area contributed by atoms with Gasteiger partial charge in [0.2, 0.25) is 0 Å². The average Bonchev–Trinajstić information content (AvgIpc) is 2.84.